The van der Waals surface area contributed by atoms with E-state index in [2.05, 4.69) is 0 Å². The third-order valence-corrected chi connectivity index (χ3v) is 3.08. The van der Waals surface area contributed by atoms with E-state index >= 15 is 0 Å². The first kappa shape index (κ1) is 16.6. The number of hydrogen-bond acceptors (Lipinski definition) is 4. The Morgan fingerprint density at radius 2 is 1.90 bits per heavy atom. The topological polar surface area (TPSA) is 101 Å². The van der Waals surface area contributed by atoms with Crippen LogP contribution in [0.4, 0.5) is 5.69 Å². The van der Waals surface area contributed by atoms with E-state index in [-0.39, 0.29) is 16.8 Å². The van der Waals surface area contributed by atoms with Crippen LogP contribution in [0.3, 0.4) is 0 Å². The Hall–Kier alpha value is -2.44. The van der Waals surface area contributed by atoms with E-state index in [1.807, 2.05) is 0 Å². The van der Waals surface area contributed by atoms with Gasteiger partial charge in [-0.25, -0.2) is 0 Å². The largest absolute Gasteiger partial charge is 0.480 e. The second-order valence-corrected chi connectivity index (χ2v) is 5.66. The summed E-state index contributed by atoms with van der Waals surface area (Å²) in [6.45, 7) is 6.14. The Bertz CT molecular complexity index is 590. The molecular weight excluding hydrogens is 276 g/mol. The summed E-state index contributed by atoms with van der Waals surface area (Å²) in [7, 11) is 0. The summed E-state index contributed by atoms with van der Waals surface area (Å²) >= 11 is 0. The first-order valence-corrected chi connectivity index (χ1v) is 6.33. The van der Waals surface area contributed by atoms with Gasteiger partial charge in [0.2, 0.25) is 0 Å². The van der Waals surface area contributed by atoms with E-state index in [0.717, 1.165) is 0 Å². The molecule has 0 spiro atoms. The average molecular weight is 294 g/mol. The Balaban J connectivity index is 3.31. The Morgan fingerprint density at radius 3 is 2.33 bits per heavy atom. The fourth-order valence-electron chi connectivity index (χ4n) is 1.95. The quantitative estimate of drug-likeness (QED) is 0.677. The molecular formula is C14H18N2O5. The zero-order chi connectivity index (χ0) is 16.4. The van der Waals surface area contributed by atoms with E-state index in [1.165, 1.54) is 30.0 Å². The monoisotopic (exact) mass is 294 g/mol. The molecule has 0 atom stereocenters. The van der Waals surface area contributed by atoms with Crippen LogP contribution < -0.4 is 0 Å². The highest BCUT2D eigenvalue weighted by Gasteiger charge is 2.31. The Kier molecular flexibility index (Phi) is 4.67. The van der Waals surface area contributed by atoms with Crippen LogP contribution in [-0.2, 0) is 4.79 Å². The molecule has 1 rings (SSSR count). The summed E-state index contributed by atoms with van der Waals surface area (Å²) in [5.41, 5.74) is -0.510. The van der Waals surface area contributed by atoms with Crippen LogP contribution in [0.15, 0.2) is 18.2 Å². The van der Waals surface area contributed by atoms with Gasteiger partial charge in [-0.05, 0) is 33.8 Å². The van der Waals surface area contributed by atoms with Crippen molar-refractivity contribution in [3.63, 3.8) is 0 Å². The van der Waals surface area contributed by atoms with Crippen molar-refractivity contribution in [1.82, 2.24) is 4.90 Å². The SMILES string of the molecule is Cc1c(C(=O)N(CC(=O)O)C(C)(C)C)cccc1[N+](=O)[O-]. The minimum atomic E-state index is -1.14. The predicted molar refractivity (Wildman–Crippen MR) is 76.3 cm³/mol. The lowest BCUT2D eigenvalue weighted by Gasteiger charge is -2.34. The van der Waals surface area contributed by atoms with Crippen LogP contribution in [0.2, 0.25) is 0 Å². The van der Waals surface area contributed by atoms with Crippen LogP contribution in [0.1, 0.15) is 36.7 Å². The average Bonchev–Trinajstić information content (AvgIpc) is 2.33. The van der Waals surface area contributed by atoms with Crippen molar-refractivity contribution >= 4 is 17.6 Å². The molecule has 0 aliphatic carbocycles. The molecule has 114 valence electrons. The van der Waals surface area contributed by atoms with Crippen LogP contribution in [0.25, 0.3) is 0 Å². The maximum Gasteiger partial charge on any atom is 0.323 e. The molecule has 0 unspecified atom stereocenters. The number of hydrogen-bond donors (Lipinski definition) is 1. The van der Waals surface area contributed by atoms with Crippen LogP contribution >= 0.6 is 0 Å². The van der Waals surface area contributed by atoms with E-state index < -0.39 is 28.9 Å². The fourth-order valence-corrected chi connectivity index (χ4v) is 1.95. The van der Waals surface area contributed by atoms with E-state index in [0.29, 0.717) is 0 Å². The highest BCUT2D eigenvalue weighted by Crippen LogP contribution is 2.24. The molecule has 0 aliphatic heterocycles. The highest BCUT2D eigenvalue weighted by molar-refractivity contribution is 5.98. The number of carbonyl (C=O) groups excluding carboxylic acids is 1. The van der Waals surface area contributed by atoms with Crippen LogP contribution in [0, 0.1) is 17.0 Å². The van der Waals surface area contributed by atoms with Crippen molar-refractivity contribution in [3.05, 3.63) is 39.4 Å². The van der Waals surface area contributed by atoms with Crippen molar-refractivity contribution in [1.29, 1.82) is 0 Å². The summed E-state index contributed by atoms with van der Waals surface area (Å²) in [4.78, 5) is 35.1. The first-order chi connectivity index (χ1) is 9.55. The standard InChI is InChI=1S/C14H18N2O5/c1-9-10(6-5-7-11(9)16(20)21)13(19)15(8-12(17)18)14(2,3)4/h5-7H,8H2,1-4H3,(H,17,18). The lowest BCUT2D eigenvalue weighted by Crippen LogP contribution is -2.48. The van der Waals surface area contributed by atoms with Crippen molar-refractivity contribution in [2.45, 2.75) is 33.2 Å². The van der Waals surface area contributed by atoms with E-state index in [1.54, 1.807) is 20.8 Å². The molecule has 0 radical (unpaired) electrons. The zero-order valence-electron chi connectivity index (χ0n) is 12.4. The zero-order valence-corrected chi connectivity index (χ0v) is 12.4. The summed E-state index contributed by atoms with van der Waals surface area (Å²) in [6, 6.07) is 4.19. The van der Waals surface area contributed by atoms with Crippen molar-refractivity contribution in [3.8, 4) is 0 Å². The number of nitro groups is 1. The maximum atomic E-state index is 12.6. The minimum Gasteiger partial charge on any atom is -0.480 e. The predicted octanol–water partition coefficient (Wildman–Crippen LogP) is 2.23. The van der Waals surface area contributed by atoms with Crippen molar-refractivity contribution in [2.75, 3.05) is 6.54 Å². The van der Waals surface area contributed by atoms with Gasteiger partial charge < -0.3 is 10.0 Å². The van der Waals surface area contributed by atoms with E-state index in [4.69, 9.17) is 5.11 Å². The van der Waals surface area contributed by atoms with Gasteiger partial charge in [0.1, 0.15) is 6.54 Å². The van der Waals surface area contributed by atoms with Gasteiger partial charge in [-0.15, -0.1) is 0 Å². The lowest BCUT2D eigenvalue weighted by molar-refractivity contribution is -0.385. The molecule has 7 nitrogen and oxygen atoms in total. The second-order valence-electron chi connectivity index (χ2n) is 5.66. The third-order valence-electron chi connectivity index (χ3n) is 3.08. The molecule has 0 aliphatic rings. The molecule has 0 heterocycles. The first-order valence-electron chi connectivity index (χ1n) is 6.33. The minimum absolute atomic E-state index is 0.139. The molecule has 1 aromatic rings. The van der Waals surface area contributed by atoms with Gasteiger partial charge in [0.25, 0.3) is 11.6 Å². The van der Waals surface area contributed by atoms with Crippen LogP contribution in [-0.4, -0.2) is 38.9 Å². The van der Waals surface area contributed by atoms with Crippen molar-refractivity contribution < 1.29 is 19.6 Å². The van der Waals surface area contributed by atoms with Gasteiger partial charge in [0.05, 0.1) is 4.92 Å². The number of aliphatic carboxylic acids is 1. The van der Waals surface area contributed by atoms with E-state index in [9.17, 15) is 19.7 Å². The molecule has 1 aromatic carbocycles. The Labute approximate surface area is 122 Å². The van der Waals surface area contributed by atoms with Gasteiger partial charge in [0.15, 0.2) is 0 Å². The summed E-state index contributed by atoms with van der Waals surface area (Å²) < 4.78 is 0. The number of carboxylic acid groups (broad SMARTS) is 1. The number of amides is 1. The molecule has 0 saturated heterocycles. The van der Waals surface area contributed by atoms with Gasteiger partial charge in [-0.3, -0.25) is 19.7 Å². The normalized spacial score (nSPS) is 11.0. The fraction of sp³-hybridized carbons (Fsp3) is 0.429. The molecule has 7 heteroatoms. The van der Waals surface area contributed by atoms with Gasteiger partial charge >= 0.3 is 5.97 Å². The van der Waals surface area contributed by atoms with Gasteiger partial charge in [0, 0.05) is 22.7 Å². The molecule has 0 aromatic heterocycles. The molecule has 0 fully saturated rings. The third kappa shape index (κ3) is 3.77. The summed E-state index contributed by atoms with van der Waals surface area (Å²) in [5.74, 6) is -1.67. The molecule has 0 saturated carbocycles. The van der Waals surface area contributed by atoms with Gasteiger partial charge in [-0.1, -0.05) is 6.07 Å². The number of rotatable bonds is 4. The number of nitrogens with zero attached hydrogens (tertiary/aromatic N) is 2. The molecule has 21 heavy (non-hydrogen) atoms. The smallest absolute Gasteiger partial charge is 0.323 e. The molecule has 1 amide bonds. The number of carboxylic acids is 1. The maximum absolute atomic E-state index is 12.6. The highest BCUT2D eigenvalue weighted by atomic mass is 16.6. The lowest BCUT2D eigenvalue weighted by atomic mass is 10.0. The summed E-state index contributed by atoms with van der Waals surface area (Å²) in [5, 5.41) is 19.9. The van der Waals surface area contributed by atoms with Crippen LogP contribution in [0.5, 0.6) is 0 Å². The van der Waals surface area contributed by atoms with Crippen molar-refractivity contribution in [2.24, 2.45) is 0 Å². The Morgan fingerprint density at radius 1 is 1.33 bits per heavy atom. The number of nitro benzene ring substituents is 1. The number of carbonyl (C=O) groups is 2. The second kappa shape index (κ2) is 5.90. The number of benzene rings is 1. The van der Waals surface area contributed by atoms with Gasteiger partial charge in [-0.2, -0.15) is 0 Å². The summed E-state index contributed by atoms with van der Waals surface area (Å²) in [6.07, 6.45) is 0. The molecule has 0 bridgehead atoms. The molecule has 1 N–H and O–H groups in total.